The van der Waals surface area contributed by atoms with Crippen LogP contribution in [0.3, 0.4) is 0 Å². The van der Waals surface area contributed by atoms with Crippen molar-refractivity contribution in [1.82, 2.24) is 0 Å². The summed E-state index contributed by atoms with van der Waals surface area (Å²) in [6, 6.07) is 22.2. The minimum atomic E-state index is -0.497. The molecule has 0 aromatic heterocycles. The first-order valence-electron chi connectivity index (χ1n) is 9.18. The number of hydrogen-bond acceptors (Lipinski definition) is 3. The van der Waals surface area contributed by atoms with Gasteiger partial charge in [0.2, 0.25) is 5.91 Å². The first-order valence-corrected chi connectivity index (χ1v) is 9.18. The Kier molecular flexibility index (Phi) is 6.07. The van der Waals surface area contributed by atoms with E-state index in [1.165, 1.54) is 5.56 Å². The van der Waals surface area contributed by atoms with Crippen LogP contribution in [-0.2, 0) is 13.0 Å². The standard InChI is InChI=1S/C23H23N3O2/c1-2-17-7-3-4-9-21(17)25-15-16-6-5-8-19(14-16)23(28)26-20-12-10-18(11-13-20)22(24)27/h3-14,25H,2,15H2,1H3,(H2,24,27)(H,26,28). The van der Waals surface area contributed by atoms with Crippen LogP contribution in [0.1, 0.15) is 38.8 Å². The number of anilines is 2. The minimum absolute atomic E-state index is 0.206. The van der Waals surface area contributed by atoms with Crippen molar-refractivity contribution in [2.24, 2.45) is 5.73 Å². The summed E-state index contributed by atoms with van der Waals surface area (Å²) in [6.45, 7) is 2.76. The highest BCUT2D eigenvalue weighted by Crippen LogP contribution is 2.17. The van der Waals surface area contributed by atoms with E-state index in [-0.39, 0.29) is 5.91 Å². The summed E-state index contributed by atoms with van der Waals surface area (Å²) in [5.74, 6) is -0.703. The van der Waals surface area contributed by atoms with Crippen molar-refractivity contribution in [1.29, 1.82) is 0 Å². The highest BCUT2D eigenvalue weighted by Gasteiger charge is 2.08. The Balaban J connectivity index is 1.66. The van der Waals surface area contributed by atoms with Gasteiger partial charge in [0, 0.05) is 29.0 Å². The molecular weight excluding hydrogens is 350 g/mol. The second-order valence-corrected chi connectivity index (χ2v) is 6.46. The molecule has 5 heteroatoms. The molecule has 0 spiro atoms. The summed E-state index contributed by atoms with van der Waals surface area (Å²) in [6.07, 6.45) is 0.958. The molecule has 0 atom stereocenters. The Bertz CT molecular complexity index is 981. The third-order valence-electron chi connectivity index (χ3n) is 4.50. The first kappa shape index (κ1) is 19.2. The fourth-order valence-corrected chi connectivity index (χ4v) is 2.94. The smallest absolute Gasteiger partial charge is 0.255 e. The second kappa shape index (κ2) is 8.86. The number of rotatable bonds is 7. The number of nitrogens with one attached hydrogen (secondary N) is 2. The molecule has 3 aromatic carbocycles. The molecule has 0 aliphatic rings. The number of carbonyl (C=O) groups is 2. The maximum absolute atomic E-state index is 12.5. The van der Waals surface area contributed by atoms with Crippen molar-refractivity contribution in [3.8, 4) is 0 Å². The highest BCUT2D eigenvalue weighted by atomic mass is 16.2. The lowest BCUT2D eigenvalue weighted by Crippen LogP contribution is -2.14. The SMILES string of the molecule is CCc1ccccc1NCc1cccc(C(=O)Nc2ccc(C(N)=O)cc2)c1. The molecule has 0 aliphatic carbocycles. The fraction of sp³-hybridized carbons (Fsp3) is 0.130. The molecule has 3 rings (SSSR count). The van der Waals surface area contributed by atoms with Gasteiger partial charge in [0.25, 0.3) is 5.91 Å². The van der Waals surface area contributed by atoms with Crippen LogP contribution in [0.15, 0.2) is 72.8 Å². The van der Waals surface area contributed by atoms with E-state index >= 15 is 0 Å². The zero-order chi connectivity index (χ0) is 19.9. The van der Waals surface area contributed by atoms with Crippen molar-refractivity contribution in [3.05, 3.63) is 95.1 Å². The van der Waals surface area contributed by atoms with Gasteiger partial charge in [0.05, 0.1) is 0 Å². The van der Waals surface area contributed by atoms with Crippen LogP contribution in [0.4, 0.5) is 11.4 Å². The molecule has 4 N–H and O–H groups in total. The number of hydrogen-bond donors (Lipinski definition) is 3. The molecule has 0 saturated heterocycles. The number of primary amides is 1. The molecule has 0 saturated carbocycles. The molecule has 0 bridgehead atoms. The van der Waals surface area contributed by atoms with Crippen LogP contribution in [0.2, 0.25) is 0 Å². The summed E-state index contributed by atoms with van der Waals surface area (Å²) in [5, 5.41) is 6.27. The second-order valence-electron chi connectivity index (χ2n) is 6.46. The molecule has 2 amide bonds. The normalized spacial score (nSPS) is 10.3. The van der Waals surface area contributed by atoms with E-state index in [4.69, 9.17) is 5.73 Å². The van der Waals surface area contributed by atoms with Gasteiger partial charge >= 0.3 is 0 Å². The van der Waals surface area contributed by atoms with Gasteiger partial charge in [-0.2, -0.15) is 0 Å². The molecule has 3 aromatic rings. The van der Waals surface area contributed by atoms with Gasteiger partial charge in [0.1, 0.15) is 0 Å². The third kappa shape index (κ3) is 4.76. The van der Waals surface area contributed by atoms with Gasteiger partial charge in [0.15, 0.2) is 0 Å². The Morgan fingerprint density at radius 2 is 1.64 bits per heavy atom. The van der Waals surface area contributed by atoms with E-state index in [2.05, 4.69) is 29.7 Å². The number of nitrogens with two attached hydrogens (primary N) is 1. The van der Waals surface area contributed by atoms with Gasteiger partial charge in [-0.3, -0.25) is 9.59 Å². The Morgan fingerprint density at radius 1 is 0.893 bits per heavy atom. The summed E-state index contributed by atoms with van der Waals surface area (Å²) in [7, 11) is 0. The minimum Gasteiger partial charge on any atom is -0.381 e. The molecule has 5 nitrogen and oxygen atoms in total. The molecular formula is C23H23N3O2. The lowest BCUT2D eigenvalue weighted by Gasteiger charge is -2.12. The highest BCUT2D eigenvalue weighted by molar-refractivity contribution is 6.04. The molecule has 0 radical (unpaired) electrons. The lowest BCUT2D eigenvalue weighted by molar-refractivity contribution is 0.0998. The fourth-order valence-electron chi connectivity index (χ4n) is 2.94. The maximum atomic E-state index is 12.5. The topological polar surface area (TPSA) is 84.2 Å². The quantitative estimate of drug-likeness (QED) is 0.580. The molecule has 0 heterocycles. The maximum Gasteiger partial charge on any atom is 0.255 e. The van der Waals surface area contributed by atoms with Crippen molar-refractivity contribution in [2.45, 2.75) is 19.9 Å². The van der Waals surface area contributed by atoms with Crippen LogP contribution in [-0.4, -0.2) is 11.8 Å². The van der Waals surface area contributed by atoms with Crippen LogP contribution in [0.25, 0.3) is 0 Å². The van der Waals surface area contributed by atoms with E-state index in [1.807, 2.05) is 30.3 Å². The number of carbonyl (C=O) groups excluding carboxylic acids is 2. The number of para-hydroxylation sites is 1. The predicted octanol–water partition coefficient (Wildman–Crippen LogP) is 4.21. The van der Waals surface area contributed by atoms with Crippen molar-refractivity contribution in [3.63, 3.8) is 0 Å². The summed E-state index contributed by atoms with van der Waals surface area (Å²) >= 11 is 0. The molecule has 0 unspecified atom stereocenters. The van der Waals surface area contributed by atoms with Crippen molar-refractivity contribution in [2.75, 3.05) is 10.6 Å². The van der Waals surface area contributed by atoms with Gasteiger partial charge in [-0.25, -0.2) is 0 Å². The Morgan fingerprint density at radius 3 is 2.36 bits per heavy atom. The summed E-state index contributed by atoms with van der Waals surface area (Å²) in [5.41, 5.74) is 10.2. The Labute approximate surface area is 164 Å². The zero-order valence-electron chi connectivity index (χ0n) is 15.7. The van der Waals surface area contributed by atoms with Crippen LogP contribution in [0.5, 0.6) is 0 Å². The van der Waals surface area contributed by atoms with Gasteiger partial charge in [-0.1, -0.05) is 37.3 Å². The van der Waals surface area contributed by atoms with E-state index in [0.29, 0.717) is 23.4 Å². The van der Waals surface area contributed by atoms with E-state index < -0.39 is 5.91 Å². The number of aryl methyl sites for hydroxylation is 1. The molecule has 0 aliphatic heterocycles. The first-order chi connectivity index (χ1) is 13.6. The average molecular weight is 373 g/mol. The van der Waals surface area contributed by atoms with E-state index in [0.717, 1.165) is 17.7 Å². The number of amides is 2. The largest absolute Gasteiger partial charge is 0.381 e. The van der Waals surface area contributed by atoms with E-state index in [9.17, 15) is 9.59 Å². The van der Waals surface area contributed by atoms with E-state index in [1.54, 1.807) is 30.3 Å². The zero-order valence-corrected chi connectivity index (χ0v) is 15.7. The average Bonchev–Trinajstić information content (AvgIpc) is 2.73. The van der Waals surface area contributed by atoms with Crippen molar-refractivity contribution >= 4 is 23.2 Å². The van der Waals surface area contributed by atoms with Crippen molar-refractivity contribution < 1.29 is 9.59 Å². The van der Waals surface area contributed by atoms with Crippen LogP contribution < -0.4 is 16.4 Å². The molecule has 142 valence electrons. The number of benzene rings is 3. The summed E-state index contributed by atoms with van der Waals surface area (Å²) in [4.78, 5) is 23.7. The monoisotopic (exact) mass is 373 g/mol. The lowest BCUT2D eigenvalue weighted by atomic mass is 10.1. The van der Waals surface area contributed by atoms with Crippen LogP contribution in [0, 0.1) is 0 Å². The Hall–Kier alpha value is -3.60. The third-order valence-corrected chi connectivity index (χ3v) is 4.50. The summed E-state index contributed by atoms with van der Waals surface area (Å²) < 4.78 is 0. The van der Waals surface area contributed by atoms with Crippen LogP contribution >= 0.6 is 0 Å². The molecule has 0 fully saturated rings. The van der Waals surface area contributed by atoms with Gasteiger partial charge < -0.3 is 16.4 Å². The molecule has 28 heavy (non-hydrogen) atoms. The van der Waals surface area contributed by atoms with Gasteiger partial charge in [-0.15, -0.1) is 0 Å². The predicted molar refractivity (Wildman–Crippen MR) is 113 cm³/mol. The van der Waals surface area contributed by atoms with Gasteiger partial charge in [-0.05, 0) is 60.0 Å².